The second-order valence-corrected chi connectivity index (χ2v) is 5.07. The Balaban J connectivity index is 1.98. The SMILES string of the molecule is Oc1ccc(CNCc2cc(Br)ccc2F)c(O)c1. The average Bonchev–Trinajstić information content (AvgIpc) is 2.36. The molecule has 19 heavy (non-hydrogen) atoms. The fraction of sp³-hybridized carbons (Fsp3) is 0.143. The van der Waals surface area contributed by atoms with Crippen molar-refractivity contribution in [1.82, 2.24) is 5.32 Å². The van der Waals surface area contributed by atoms with Crippen molar-refractivity contribution in [3.63, 3.8) is 0 Å². The molecule has 0 aromatic heterocycles. The standard InChI is InChI=1S/C14H13BrFNO2/c15-11-2-4-13(16)10(5-11)8-17-7-9-1-3-12(18)6-14(9)19/h1-6,17-19H,7-8H2. The highest BCUT2D eigenvalue weighted by molar-refractivity contribution is 9.10. The Bertz CT molecular complexity index is 590. The summed E-state index contributed by atoms with van der Waals surface area (Å²) >= 11 is 3.29. The van der Waals surface area contributed by atoms with Gasteiger partial charge in [-0.2, -0.15) is 0 Å². The Labute approximate surface area is 118 Å². The zero-order valence-corrected chi connectivity index (χ0v) is 11.6. The van der Waals surface area contributed by atoms with E-state index >= 15 is 0 Å². The number of phenols is 2. The summed E-state index contributed by atoms with van der Waals surface area (Å²) in [6, 6.07) is 9.14. The maximum Gasteiger partial charge on any atom is 0.127 e. The lowest BCUT2D eigenvalue weighted by Crippen LogP contribution is -2.13. The maximum absolute atomic E-state index is 13.5. The summed E-state index contributed by atoms with van der Waals surface area (Å²) in [6.07, 6.45) is 0. The smallest absolute Gasteiger partial charge is 0.127 e. The molecule has 0 unspecified atom stereocenters. The first kappa shape index (κ1) is 13.8. The van der Waals surface area contributed by atoms with Crippen molar-refractivity contribution in [2.24, 2.45) is 0 Å². The topological polar surface area (TPSA) is 52.5 Å². The lowest BCUT2D eigenvalue weighted by molar-refractivity contribution is 0.443. The number of nitrogens with one attached hydrogen (secondary N) is 1. The van der Waals surface area contributed by atoms with Crippen LogP contribution < -0.4 is 5.32 Å². The highest BCUT2D eigenvalue weighted by atomic mass is 79.9. The minimum Gasteiger partial charge on any atom is -0.508 e. The van der Waals surface area contributed by atoms with E-state index in [-0.39, 0.29) is 17.3 Å². The Morgan fingerprint density at radius 2 is 1.74 bits per heavy atom. The third-order valence-corrected chi connectivity index (χ3v) is 3.20. The third kappa shape index (κ3) is 3.68. The van der Waals surface area contributed by atoms with Crippen LogP contribution in [0.4, 0.5) is 4.39 Å². The molecule has 3 N–H and O–H groups in total. The third-order valence-electron chi connectivity index (χ3n) is 2.71. The molecule has 2 aromatic rings. The fourth-order valence-electron chi connectivity index (χ4n) is 1.71. The molecule has 0 atom stereocenters. The molecule has 5 heteroatoms. The second-order valence-electron chi connectivity index (χ2n) is 4.15. The van der Waals surface area contributed by atoms with E-state index in [9.17, 15) is 14.6 Å². The molecule has 2 rings (SSSR count). The molecule has 0 saturated heterocycles. The Morgan fingerprint density at radius 1 is 1.00 bits per heavy atom. The molecule has 0 fully saturated rings. The van der Waals surface area contributed by atoms with Crippen LogP contribution in [0.3, 0.4) is 0 Å². The van der Waals surface area contributed by atoms with Crippen molar-refractivity contribution in [2.45, 2.75) is 13.1 Å². The Kier molecular flexibility index (Phi) is 4.39. The van der Waals surface area contributed by atoms with Gasteiger partial charge in [-0.05, 0) is 24.3 Å². The molecule has 3 nitrogen and oxygen atoms in total. The molecule has 0 radical (unpaired) electrons. The van der Waals surface area contributed by atoms with Crippen LogP contribution in [0.25, 0.3) is 0 Å². The molecule has 0 aliphatic heterocycles. The van der Waals surface area contributed by atoms with Gasteiger partial charge in [0, 0.05) is 34.8 Å². The monoisotopic (exact) mass is 325 g/mol. The van der Waals surface area contributed by atoms with Gasteiger partial charge >= 0.3 is 0 Å². The normalized spacial score (nSPS) is 10.6. The van der Waals surface area contributed by atoms with Crippen LogP contribution in [0.5, 0.6) is 11.5 Å². The van der Waals surface area contributed by atoms with Crippen molar-refractivity contribution >= 4 is 15.9 Å². The van der Waals surface area contributed by atoms with E-state index in [4.69, 9.17) is 0 Å². The van der Waals surface area contributed by atoms with Crippen molar-refractivity contribution < 1.29 is 14.6 Å². The molecule has 0 saturated carbocycles. The van der Waals surface area contributed by atoms with Gasteiger partial charge in [-0.15, -0.1) is 0 Å². The molecule has 100 valence electrons. The van der Waals surface area contributed by atoms with Gasteiger partial charge < -0.3 is 15.5 Å². The maximum atomic E-state index is 13.5. The fourth-order valence-corrected chi connectivity index (χ4v) is 2.12. The number of hydrogen-bond donors (Lipinski definition) is 3. The highest BCUT2D eigenvalue weighted by Gasteiger charge is 2.05. The molecule has 0 aliphatic carbocycles. The summed E-state index contributed by atoms with van der Waals surface area (Å²) in [5.41, 5.74) is 1.20. The van der Waals surface area contributed by atoms with E-state index in [0.717, 1.165) is 4.47 Å². The lowest BCUT2D eigenvalue weighted by atomic mass is 10.1. The zero-order valence-electron chi connectivity index (χ0n) is 10.0. The van der Waals surface area contributed by atoms with Crippen molar-refractivity contribution in [3.8, 4) is 11.5 Å². The molecular weight excluding hydrogens is 313 g/mol. The van der Waals surface area contributed by atoms with Crippen molar-refractivity contribution in [1.29, 1.82) is 0 Å². The summed E-state index contributed by atoms with van der Waals surface area (Å²) in [5.74, 6) is -0.243. The van der Waals surface area contributed by atoms with Crippen molar-refractivity contribution in [3.05, 3.63) is 57.8 Å². The van der Waals surface area contributed by atoms with Gasteiger partial charge in [-0.25, -0.2) is 4.39 Å². The molecule has 0 amide bonds. The minimum absolute atomic E-state index is 0.0132. The van der Waals surface area contributed by atoms with Crippen molar-refractivity contribution in [2.75, 3.05) is 0 Å². The molecule has 0 heterocycles. The minimum atomic E-state index is -0.273. The molecule has 2 aromatic carbocycles. The van der Waals surface area contributed by atoms with E-state index in [2.05, 4.69) is 21.2 Å². The van der Waals surface area contributed by atoms with Gasteiger partial charge in [0.2, 0.25) is 0 Å². The Morgan fingerprint density at radius 3 is 2.47 bits per heavy atom. The van der Waals surface area contributed by atoms with E-state index in [1.54, 1.807) is 18.2 Å². The van der Waals surface area contributed by atoms with E-state index in [0.29, 0.717) is 24.2 Å². The number of rotatable bonds is 4. The highest BCUT2D eigenvalue weighted by Crippen LogP contribution is 2.22. The quantitative estimate of drug-likeness (QED) is 0.808. The van der Waals surface area contributed by atoms with Gasteiger partial charge in [0.1, 0.15) is 17.3 Å². The molecular formula is C14H13BrFNO2. The predicted octanol–water partition coefficient (Wildman–Crippen LogP) is 3.29. The predicted molar refractivity (Wildman–Crippen MR) is 74.4 cm³/mol. The van der Waals surface area contributed by atoms with Crippen LogP contribution in [0, 0.1) is 5.82 Å². The van der Waals surface area contributed by atoms with Gasteiger partial charge in [0.05, 0.1) is 0 Å². The van der Waals surface area contributed by atoms with Crippen LogP contribution in [-0.2, 0) is 13.1 Å². The van der Waals surface area contributed by atoms with Crippen LogP contribution in [-0.4, -0.2) is 10.2 Å². The number of hydrogen-bond acceptors (Lipinski definition) is 3. The summed E-state index contributed by atoms with van der Waals surface area (Å²) in [4.78, 5) is 0. The molecule has 0 aliphatic rings. The van der Waals surface area contributed by atoms with Crippen LogP contribution in [0.15, 0.2) is 40.9 Å². The summed E-state index contributed by atoms with van der Waals surface area (Å²) in [5, 5.41) is 21.8. The largest absolute Gasteiger partial charge is 0.508 e. The Hall–Kier alpha value is -1.59. The number of benzene rings is 2. The lowest BCUT2D eigenvalue weighted by Gasteiger charge is -2.08. The summed E-state index contributed by atoms with van der Waals surface area (Å²) < 4.78 is 14.3. The number of halogens is 2. The first-order valence-electron chi connectivity index (χ1n) is 5.72. The van der Waals surface area contributed by atoms with Gasteiger partial charge in [-0.1, -0.05) is 22.0 Å². The summed E-state index contributed by atoms with van der Waals surface area (Å²) in [7, 11) is 0. The zero-order chi connectivity index (χ0) is 13.8. The summed E-state index contributed by atoms with van der Waals surface area (Å²) in [6.45, 7) is 0.740. The van der Waals surface area contributed by atoms with Gasteiger partial charge in [0.15, 0.2) is 0 Å². The van der Waals surface area contributed by atoms with E-state index < -0.39 is 0 Å². The number of aromatic hydroxyl groups is 2. The van der Waals surface area contributed by atoms with E-state index in [1.807, 2.05) is 0 Å². The average molecular weight is 326 g/mol. The van der Waals surface area contributed by atoms with Crippen LogP contribution >= 0.6 is 15.9 Å². The molecule has 0 spiro atoms. The van der Waals surface area contributed by atoms with Gasteiger partial charge in [0.25, 0.3) is 0 Å². The first-order valence-corrected chi connectivity index (χ1v) is 6.51. The van der Waals surface area contributed by atoms with E-state index in [1.165, 1.54) is 18.2 Å². The van der Waals surface area contributed by atoms with Crippen LogP contribution in [0.1, 0.15) is 11.1 Å². The second kappa shape index (κ2) is 6.04. The number of phenolic OH excluding ortho intramolecular Hbond substituents is 2. The van der Waals surface area contributed by atoms with Gasteiger partial charge in [-0.3, -0.25) is 0 Å². The van der Waals surface area contributed by atoms with Crippen LogP contribution in [0.2, 0.25) is 0 Å². The molecule has 0 bridgehead atoms. The first-order chi connectivity index (χ1) is 9.06.